The standard InChI is InChI=1S/C23H26N4O2/c1-17-8-2-3-9-18(17)22(28)24-16-21-19-10-4-5-11-20(19)23(29)27(25-21)15-14-26-12-6-7-13-26/h2-5,8-11H,6-7,12-16H2,1H3,(H,24,28). The Morgan fingerprint density at radius 1 is 1.00 bits per heavy atom. The number of aromatic nitrogens is 2. The van der Waals surface area contributed by atoms with Gasteiger partial charge in [-0.2, -0.15) is 5.10 Å². The van der Waals surface area contributed by atoms with Crippen LogP contribution in [0.5, 0.6) is 0 Å². The SMILES string of the molecule is Cc1ccccc1C(=O)NCc1nn(CCN2CCCC2)c(=O)c2ccccc12. The van der Waals surface area contributed by atoms with E-state index in [1.807, 2.05) is 55.5 Å². The summed E-state index contributed by atoms with van der Waals surface area (Å²) < 4.78 is 1.55. The molecule has 1 saturated heterocycles. The number of hydrogen-bond donors (Lipinski definition) is 1. The zero-order valence-corrected chi connectivity index (χ0v) is 16.7. The van der Waals surface area contributed by atoms with Gasteiger partial charge in [0.05, 0.1) is 24.2 Å². The predicted octanol–water partition coefficient (Wildman–Crippen LogP) is 2.73. The highest BCUT2D eigenvalue weighted by Crippen LogP contribution is 2.14. The van der Waals surface area contributed by atoms with Crippen LogP contribution in [-0.4, -0.2) is 40.2 Å². The van der Waals surface area contributed by atoms with Crippen molar-refractivity contribution in [2.75, 3.05) is 19.6 Å². The maximum atomic E-state index is 12.9. The molecule has 150 valence electrons. The van der Waals surface area contributed by atoms with Crippen LogP contribution < -0.4 is 10.9 Å². The number of benzene rings is 2. The van der Waals surface area contributed by atoms with E-state index >= 15 is 0 Å². The molecule has 1 amide bonds. The molecule has 0 bridgehead atoms. The Labute approximate surface area is 170 Å². The highest BCUT2D eigenvalue weighted by Gasteiger charge is 2.15. The van der Waals surface area contributed by atoms with Gasteiger partial charge >= 0.3 is 0 Å². The molecule has 0 radical (unpaired) electrons. The lowest BCUT2D eigenvalue weighted by atomic mass is 10.1. The highest BCUT2D eigenvalue weighted by atomic mass is 16.1. The van der Waals surface area contributed by atoms with Gasteiger partial charge < -0.3 is 10.2 Å². The third-order valence-corrected chi connectivity index (χ3v) is 5.58. The normalized spacial score (nSPS) is 14.4. The van der Waals surface area contributed by atoms with Gasteiger partial charge in [0.15, 0.2) is 0 Å². The van der Waals surface area contributed by atoms with Crippen molar-refractivity contribution >= 4 is 16.7 Å². The molecule has 0 unspecified atom stereocenters. The van der Waals surface area contributed by atoms with Crippen molar-refractivity contribution in [3.8, 4) is 0 Å². The van der Waals surface area contributed by atoms with E-state index in [1.165, 1.54) is 12.8 Å². The molecular weight excluding hydrogens is 364 g/mol. The molecule has 0 aliphatic carbocycles. The number of rotatable bonds is 6. The number of aryl methyl sites for hydroxylation is 1. The molecule has 6 heteroatoms. The lowest BCUT2D eigenvalue weighted by Crippen LogP contribution is -2.32. The zero-order chi connectivity index (χ0) is 20.2. The van der Waals surface area contributed by atoms with Crippen molar-refractivity contribution in [1.82, 2.24) is 20.0 Å². The van der Waals surface area contributed by atoms with Gasteiger partial charge in [0.25, 0.3) is 11.5 Å². The first kappa shape index (κ1) is 19.3. The molecule has 1 fully saturated rings. The Kier molecular flexibility index (Phi) is 5.71. The summed E-state index contributed by atoms with van der Waals surface area (Å²) in [5.41, 5.74) is 2.22. The number of nitrogens with zero attached hydrogens (tertiary/aromatic N) is 3. The second-order valence-corrected chi connectivity index (χ2v) is 7.57. The number of carbonyl (C=O) groups excluding carboxylic acids is 1. The summed E-state index contributed by atoms with van der Waals surface area (Å²) in [7, 11) is 0. The summed E-state index contributed by atoms with van der Waals surface area (Å²) in [6.07, 6.45) is 2.44. The monoisotopic (exact) mass is 390 g/mol. The maximum absolute atomic E-state index is 12.9. The molecule has 3 aromatic rings. The van der Waals surface area contributed by atoms with Crippen molar-refractivity contribution in [1.29, 1.82) is 0 Å². The first-order chi connectivity index (χ1) is 14.1. The third-order valence-electron chi connectivity index (χ3n) is 5.58. The zero-order valence-electron chi connectivity index (χ0n) is 16.7. The minimum Gasteiger partial charge on any atom is -0.346 e. The van der Waals surface area contributed by atoms with E-state index in [1.54, 1.807) is 4.68 Å². The van der Waals surface area contributed by atoms with Gasteiger partial charge in [-0.25, -0.2) is 4.68 Å². The molecule has 0 atom stereocenters. The van der Waals surface area contributed by atoms with Gasteiger partial charge in [0, 0.05) is 17.5 Å². The number of fused-ring (bicyclic) bond motifs is 1. The largest absolute Gasteiger partial charge is 0.346 e. The molecule has 1 aromatic heterocycles. The first-order valence-corrected chi connectivity index (χ1v) is 10.2. The van der Waals surface area contributed by atoms with Crippen LogP contribution in [0.3, 0.4) is 0 Å². The predicted molar refractivity (Wildman–Crippen MR) is 114 cm³/mol. The Morgan fingerprint density at radius 2 is 1.69 bits per heavy atom. The van der Waals surface area contributed by atoms with E-state index in [4.69, 9.17) is 0 Å². The van der Waals surface area contributed by atoms with E-state index in [2.05, 4.69) is 15.3 Å². The average molecular weight is 390 g/mol. The van der Waals surface area contributed by atoms with Crippen molar-refractivity contribution < 1.29 is 4.79 Å². The second kappa shape index (κ2) is 8.57. The van der Waals surface area contributed by atoms with Crippen molar-refractivity contribution in [3.05, 3.63) is 75.7 Å². The van der Waals surface area contributed by atoms with E-state index in [0.717, 1.165) is 30.6 Å². The number of hydrogen-bond acceptors (Lipinski definition) is 4. The van der Waals surface area contributed by atoms with E-state index < -0.39 is 0 Å². The molecule has 2 heterocycles. The molecule has 2 aromatic carbocycles. The van der Waals surface area contributed by atoms with Crippen LogP contribution in [0.25, 0.3) is 10.8 Å². The average Bonchev–Trinajstić information content (AvgIpc) is 3.26. The number of amides is 1. The fourth-order valence-electron chi connectivity index (χ4n) is 3.92. The molecule has 1 aliphatic heterocycles. The van der Waals surface area contributed by atoms with Crippen LogP contribution in [0.2, 0.25) is 0 Å². The maximum Gasteiger partial charge on any atom is 0.274 e. The van der Waals surface area contributed by atoms with Crippen LogP contribution in [0.15, 0.2) is 53.3 Å². The van der Waals surface area contributed by atoms with Gasteiger partial charge in [-0.05, 0) is 50.6 Å². The summed E-state index contributed by atoms with van der Waals surface area (Å²) in [6.45, 7) is 5.74. The Morgan fingerprint density at radius 3 is 2.45 bits per heavy atom. The Balaban J connectivity index is 1.59. The molecule has 29 heavy (non-hydrogen) atoms. The summed E-state index contributed by atoms with van der Waals surface area (Å²) in [4.78, 5) is 27.9. The first-order valence-electron chi connectivity index (χ1n) is 10.2. The lowest BCUT2D eigenvalue weighted by Gasteiger charge is -2.16. The molecule has 0 saturated carbocycles. The Bertz CT molecular complexity index is 1080. The molecule has 4 rings (SSSR count). The lowest BCUT2D eigenvalue weighted by molar-refractivity contribution is 0.0949. The summed E-state index contributed by atoms with van der Waals surface area (Å²) in [6, 6.07) is 15.0. The molecule has 0 spiro atoms. The minimum atomic E-state index is -0.135. The number of likely N-dealkylation sites (tertiary alicyclic amines) is 1. The minimum absolute atomic E-state index is 0.0752. The summed E-state index contributed by atoms with van der Waals surface area (Å²) in [5.74, 6) is -0.135. The number of carbonyl (C=O) groups is 1. The fraction of sp³-hybridized carbons (Fsp3) is 0.348. The smallest absolute Gasteiger partial charge is 0.274 e. The van der Waals surface area contributed by atoms with Gasteiger partial charge in [0.1, 0.15) is 0 Å². The van der Waals surface area contributed by atoms with Crippen LogP contribution >= 0.6 is 0 Å². The van der Waals surface area contributed by atoms with Gasteiger partial charge in [-0.3, -0.25) is 9.59 Å². The highest BCUT2D eigenvalue weighted by molar-refractivity contribution is 5.95. The summed E-state index contributed by atoms with van der Waals surface area (Å²) >= 11 is 0. The van der Waals surface area contributed by atoms with E-state index in [0.29, 0.717) is 23.2 Å². The summed E-state index contributed by atoms with van der Waals surface area (Å²) in [5, 5.41) is 9.01. The van der Waals surface area contributed by atoms with Crippen molar-refractivity contribution in [2.24, 2.45) is 0 Å². The van der Waals surface area contributed by atoms with Crippen molar-refractivity contribution in [3.63, 3.8) is 0 Å². The molecule has 1 N–H and O–H groups in total. The van der Waals surface area contributed by atoms with Crippen LogP contribution in [0, 0.1) is 6.92 Å². The number of nitrogens with one attached hydrogen (secondary N) is 1. The van der Waals surface area contributed by atoms with Crippen LogP contribution in [0.4, 0.5) is 0 Å². The van der Waals surface area contributed by atoms with Gasteiger partial charge in [-0.15, -0.1) is 0 Å². The molecule has 1 aliphatic rings. The Hall–Kier alpha value is -2.99. The van der Waals surface area contributed by atoms with Crippen molar-refractivity contribution in [2.45, 2.75) is 32.9 Å². The van der Waals surface area contributed by atoms with Gasteiger partial charge in [-0.1, -0.05) is 36.4 Å². The van der Waals surface area contributed by atoms with E-state index in [-0.39, 0.29) is 18.0 Å². The molecular formula is C23H26N4O2. The molecule has 6 nitrogen and oxygen atoms in total. The quantitative estimate of drug-likeness (QED) is 0.703. The van der Waals surface area contributed by atoms with Crippen LogP contribution in [0.1, 0.15) is 34.5 Å². The van der Waals surface area contributed by atoms with Gasteiger partial charge in [0.2, 0.25) is 0 Å². The van der Waals surface area contributed by atoms with Crippen LogP contribution in [-0.2, 0) is 13.1 Å². The van der Waals surface area contributed by atoms with E-state index in [9.17, 15) is 9.59 Å². The third kappa shape index (κ3) is 4.22. The second-order valence-electron chi connectivity index (χ2n) is 7.57. The fourth-order valence-corrected chi connectivity index (χ4v) is 3.92. The topological polar surface area (TPSA) is 67.2 Å².